The summed E-state index contributed by atoms with van der Waals surface area (Å²) < 4.78 is 22.7. The maximum atomic E-state index is 11.9. The third kappa shape index (κ3) is 3.94. The van der Waals surface area contributed by atoms with Crippen LogP contribution in [0.1, 0.15) is 18.4 Å². The van der Waals surface area contributed by atoms with E-state index in [4.69, 9.17) is 23.2 Å². The number of sulfone groups is 1. The van der Waals surface area contributed by atoms with Crippen LogP contribution in [0.2, 0.25) is 10.0 Å². The molecule has 1 atom stereocenters. The molecular formula is C13H14Cl2O3S. The summed E-state index contributed by atoms with van der Waals surface area (Å²) in [5, 5.41) is 0.826. The Balaban J connectivity index is 1.97. The van der Waals surface area contributed by atoms with Crippen LogP contribution in [0.4, 0.5) is 0 Å². The van der Waals surface area contributed by atoms with E-state index in [0.29, 0.717) is 28.5 Å². The van der Waals surface area contributed by atoms with Crippen LogP contribution >= 0.6 is 23.2 Å². The second kappa shape index (κ2) is 5.81. The summed E-state index contributed by atoms with van der Waals surface area (Å²) in [6, 6.07) is 5.18. The first kappa shape index (κ1) is 14.8. The minimum atomic E-state index is -2.93. The molecule has 1 unspecified atom stereocenters. The molecule has 3 nitrogen and oxygen atoms in total. The summed E-state index contributed by atoms with van der Waals surface area (Å²) >= 11 is 11.9. The predicted octanol–water partition coefficient (Wildman–Crippen LogP) is 2.93. The highest BCUT2D eigenvalue weighted by Crippen LogP contribution is 2.27. The zero-order chi connectivity index (χ0) is 14.0. The number of Topliss-reactive ketones (excluding diaryl/α,β-unsaturated/α-hetero) is 1. The number of rotatable bonds is 4. The van der Waals surface area contributed by atoms with Gasteiger partial charge in [-0.05, 0) is 24.0 Å². The third-order valence-electron chi connectivity index (χ3n) is 3.26. The molecule has 0 radical (unpaired) electrons. The van der Waals surface area contributed by atoms with Crippen LogP contribution in [0, 0.1) is 5.92 Å². The Morgan fingerprint density at radius 1 is 1.32 bits per heavy atom. The zero-order valence-electron chi connectivity index (χ0n) is 10.2. The van der Waals surface area contributed by atoms with Crippen LogP contribution in [0.5, 0.6) is 0 Å². The third-order valence-corrected chi connectivity index (χ3v) is 5.96. The lowest BCUT2D eigenvalue weighted by Crippen LogP contribution is -2.12. The second-order valence-corrected chi connectivity index (χ2v) is 7.92. The molecule has 0 aromatic heterocycles. The fourth-order valence-electron chi connectivity index (χ4n) is 2.32. The molecule has 1 aromatic rings. The average Bonchev–Trinajstić information content (AvgIpc) is 2.64. The van der Waals surface area contributed by atoms with Crippen molar-refractivity contribution >= 4 is 38.8 Å². The predicted molar refractivity (Wildman–Crippen MR) is 76.6 cm³/mol. The number of carbonyl (C=O) groups is 1. The van der Waals surface area contributed by atoms with Crippen LogP contribution in [0.25, 0.3) is 0 Å². The van der Waals surface area contributed by atoms with E-state index in [1.54, 1.807) is 18.2 Å². The lowest BCUT2D eigenvalue weighted by atomic mass is 9.98. The summed E-state index contributed by atoms with van der Waals surface area (Å²) in [5.41, 5.74) is 0.694. The monoisotopic (exact) mass is 320 g/mol. The number of carbonyl (C=O) groups excluding carboxylic acids is 1. The largest absolute Gasteiger partial charge is 0.299 e. The Labute approximate surface area is 122 Å². The highest BCUT2D eigenvalue weighted by atomic mass is 35.5. The van der Waals surface area contributed by atoms with Crippen molar-refractivity contribution in [2.24, 2.45) is 5.92 Å². The van der Waals surface area contributed by atoms with Crippen molar-refractivity contribution in [2.45, 2.75) is 19.3 Å². The van der Waals surface area contributed by atoms with Crippen molar-refractivity contribution in [1.29, 1.82) is 0 Å². The summed E-state index contributed by atoms with van der Waals surface area (Å²) in [7, 11) is -2.93. The van der Waals surface area contributed by atoms with Crippen molar-refractivity contribution in [3.05, 3.63) is 33.8 Å². The van der Waals surface area contributed by atoms with Gasteiger partial charge in [0.15, 0.2) is 9.84 Å². The van der Waals surface area contributed by atoms with Crippen molar-refractivity contribution in [1.82, 2.24) is 0 Å². The fourth-order valence-corrected chi connectivity index (χ4v) is 4.57. The van der Waals surface area contributed by atoms with Gasteiger partial charge in [0.2, 0.25) is 0 Å². The molecule has 1 fully saturated rings. The maximum absolute atomic E-state index is 11.9. The van der Waals surface area contributed by atoms with Crippen molar-refractivity contribution < 1.29 is 13.2 Å². The van der Waals surface area contributed by atoms with E-state index in [9.17, 15) is 13.2 Å². The standard InChI is InChI=1S/C13H14Cl2O3S/c14-12-3-1-2-10(13(12)15)7-11(16)6-9-4-5-19(17,18)8-9/h1-3,9H,4-8H2. The number of ketones is 1. The van der Waals surface area contributed by atoms with E-state index >= 15 is 0 Å². The minimum absolute atomic E-state index is 0.00580. The van der Waals surface area contributed by atoms with Crippen molar-refractivity contribution in [3.8, 4) is 0 Å². The molecule has 0 N–H and O–H groups in total. The van der Waals surface area contributed by atoms with Gasteiger partial charge in [-0.1, -0.05) is 35.3 Å². The summed E-state index contributed by atoms with van der Waals surface area (Å²) in [4.78, 5) is 11.9. The second-order valence-electron chi connectivity index (χ2n) is 4.90. The first-order valence-electron chi connectivity index (χ1n) is 6.02. The Morgan fingerprint density at radius 2 is 2.05 bits per heavy atom. The summed E-state index contributed by atoms with van der Waals surface area (Å²) in [5.74, 6) is 0.284. The lowest BCUT2D eigenvalue weighted by molar-refractivity contribution is -0.119. The number of benzene rings is 1. The normalized spacial score (nSPS) is 21.5. The number of hydrogen-bond donors (Lipinski definition) is 0. The van der Waals surface area contributed by atoms with E-state index in [2.05, 4.69) is 0 Å². The number of halogens is 2. The van der Waals surface area contributed by atoms with E-state index in [1.807, 2.05) is 0 Å². The van der Waals surface area contributed by atoms with E-state index in [1.165, 1.54) is 0 Å². The molecular weight excluding hydrogens is 307 g/mol. The molecule has 0 spiro atoms. The van der Waals surface area contributed by atoms with E-state index in [0.717, 1.165) is 0 Å². The lowest BCUT2D eigenvalue weighted by Gasteiger charge is -2.08. The molecule has 0 bridgehead atoms. The molecule has 0 amide bonds. The van der Waals surface area contributed by atoms with Gasteiger partial charge in [-0.3, -0.25) is 4.79 Å². The molecule has 0 aliphatic carbocycles. The molecule has 1 aliphatic heterocycles. The molecule has 6 heteroatoms. The Morgan fingerprint density at radius 3 is 2.68 bits per heavy atom. The quantitative estimate of drug-likeness (QED) is 0.857. The molecule has 1 aliphatic rings. The number of hydrogen-bond acceptors (Lipinski definition) is 3. The molecule has 1 heterocycles. The van der Waals surface area contributed by atoms with Gasteiger partial charge in [0.05, 0.1) is 21.6 Å². The zero-order valence-corrected chi connectivity index (χ0v) is 12.6. The van der Waals surface area contributed by atoms with Crippen molar-refractivity contribution in [2.75, 3.05) is 11.5 Å². The van der Waals surface area contributed by atoms with Crippen molar-refractivity contribution in [3.63, 3.8) is 0 Å². The van der Waals surface area contributed by atoms with Crippen LogP contribution in [-0.4, -0.2) is 25.7 Å². The van der Waals surface area contributed by atoms with Crippen LogP contribution < -0.4 is 0 Å². The molecule has 0 saturated carbocycles. The Kier molecular flexibility index (Phi) is 4.54. The molecule has 1 aromatic carbocycles. The first-order valence-corrected chi connectivity index (χ1v) is 8.60. The van der Waals surface area contributed by atoms with Gasteiger partial charge in [-0.25, -0.2) is 8.42 Å². The Bertz CT molecular complexity index is 596. The summed E-state index contributed by atoms with van der Waals surface area (Å²) in [6.45, 7) is 0. The molecule has 1 saturated heterocycles. The van der Waals surface area contributed by atoms with Crippen LogP contribution in [0.15, 0.2) is 18.2 Å². The SMILES string of the molecule is O=C(Cc1cccc(Cl)c1Cl)CC1CCS(=O)(=O)C1. The maximum Gasteiger partial charge on any atom is 0.150 e. The van der Waals surface area contributed by atoms with Crippen LogP contribution in [-0.2, 0) is 21.1 Å². The topological polar surface area (TPSA) is 51.2 Å². The minimum Gasteiger partial charge on any atom is -0.299 e. The highest BCUT2D eigenvalue weighted by Gasteiger charge is 2.29. The molecule has 2 rings (SSSR count). The van der Waals surface area contributed by atoms with E-state index in [-0.39, 0.29) is 29.6 Å². The molecule has 104 valence electrons. The van der Waals surface area contributed by atoms with Gasteiger partial charge in [0.25, 0.3) is 0 Å². The fraction of sp³-hybridized carbons (Fsp3) is 0.462. The Hall–Kier alpha value is -0.580. The van der Waals surface area contributed by atoms with Gasteiger partial charge in [-0.2, -0.15) is 0 Å². The highest BCUT2D eigenvalue weighted by molar-refractivity contribution is 7.91. The average molecular weight is 321 g/mol. The van der Waals surface area contributed by atoms with Crippen LogP contribution in [0.3, 0.4) is 0 Å². The van der Waals surface area contributed by atoms with Gasteiger partial charge < -0.3 is 0 Å². The van der Waals surface area contributed by atoms with Gasteiger partial charge in [0.1, 0.15) is 5.78 Å². The van der Waals surface area contributed by atoms with Gasteiger partial charge in [0, 0.05) is 12.8 Å². The molecule has 19 heavy (non-hydrogen) atoms. The van der Waals surface area contributed by atoms with Gasteiger partial charge >= 0.3 is 0 Å². The van der Waals surface area contributed by atoms with Gasteiger partial charge in [-0.15, -0.1) is 0 Å². The smallest absolute Gasteiger partial charge is 0.150 e. The summed E-state index contributed by atoms with van der Waals surface area (Å²) in [6.07, 6.45) is 1.08. The van der Waals surface area contributed by atoms with E-state index < -0.39 is 9.84 Å². The first-order chi connectivity index (χ1) is 8.87.